The second-order valence-corrected chi connectivity index (χ2v) is 6.52. The molecule has 0 saturated carbocycles. The Morgan fingerprint density at radius 3 is 2.61 bits per heavy atom. The molecule has 23 heavy (non-hydrogen) atoms. The zero-order valence-electron chi connectivity index (χ0n) is 12.0. The van der Waals surface area contributed by atoms with Gasteiger partial charge in [-0.2, -0.15) is 0 Å². The number of rotatable bonds is 3. The van der Waals surface area contributed by atoms with E-state index in [2.05, 4.69) is 20.0 Å². The number of hydrogen-bond donors (Lipinski definition) is 2. The lowest BCUT2D eigenvalue weighted by atomic mass is 10.3. The molecule has 0 aliphatic heterocycles. The second kappa shape index (κ2) is 6.39. The molecule has 2 aromatic carbocycles. The summed E-state index contributed by atoms with van der Waals surface area (Å²) in [5.74, 6) is 0.265. The van der Waals surface area contributed by atoms with E-state index in [1.807, 2.05) is 0 Å². The molecule has 3 aromatic rings. The highest BCUT2D eigenvalue weighted by Crippen LogP contribution is 2.22. The van der Waals surface area contributed by atoms with Crippen LogP contribution in [0.4, 0.5) is 10.7 Å². The van der Waals surface area contributed by atoms with E-state index in [0.29, 0.717) is 25.8 Å². The lowest BCUT2D eigenvalue weighted by Gasteiger charge is -2.02. The Labute approximate surface area is 139 Å². The summed E-state index contributed by atoms with van der Waals surface area (Å²) >= 11 is 5.84. The van der Waals surface area contributed by atoms with Crippen LogP contribution in [0.25, 0.3) is 11.0 Å². The maximum Gasteiger partial charge on any atom is 0.413 e. The summed E-state index contributed by atoms with van der Waals surface area (Å²) in [6.45, 7) is 0. The Morgan fingerprint density at radius 2 is 1.91 bits per heavy atom. The van der Waals surface area contributed by atoms with Crippen LogP contribution >= 0.6 is 11.6 Å². The molecular weight excluding hydrogens is 338 g/mol. The van der Waals surface area contributed by atoms with Gasteiger partial charge in [-0.1, -0.05) is 11.6 Å². The molecule has 0 aliphatic carbocycles. The number of fused-ring (bicyclic) bond motifs is 1. The Balaban J connectivity index is 1.91. The molecule has 1 aromatic heterocycles. The number of benzene rings is 2. The number of nitrogens with zero attached hydrogens (tertiary/aromatic N) is 1. The summed E-state index contributed by atoms with van der Waals surface area (Å²) < 4.78 is 17.1. The fourth-order valence-electron chi connectivity index (χ4n) is 2.01. The van der Waals surface area contributed by atoms with E-state index >= 15 is 0 Å². The molecule has 118 valence electrons. The maximum absolute atomic E-state index is 12.6. The van der Waals surface area contributed by atoms with Gasteiger partial charge in [0.25, 0.3) is 0 Å². The minimum absolute atomic E-state index is 0.265. The van der Waals surface area contributed by atoms with Gasteiger partial charge in [0.1, 0.15) is 0 Å². The average molecular weight is 350 g/mol. The topological polar surface area (TPSA) is 84.1 Å². The number of nitrogens with one attached hydrogen (secondary N) is 2. The minimum atomic E-state index is -1.33. The monoisotopic (exact) mass is 349 g/mol. The normalized spacial score (nSPS) is 12.1. The van der Waals surface area contributed by atoms with Crippen molar-refractivity contribution < 1.29 is 13.7 Å². The highest BCUT2D eigenvalue weighted by molar-refractivity contribution is 7.85. The number of anilines is 1. The van der Waals surface area contributed by atoms with Gasteiger partial charge in [-0.05, 0) is 42.5 Å². The molecule has 1 heterocycles. The van der Waals surface area contributed by atoms with Crippen LogP contribution in [-0.4, -0.2) is 27.4 Å². The Bertz CT molecular complexity index is 893. The zero-order valence-corrected chi connectivity index (χ0v) is 13.6. The molecule has 0 radical (unpaired) electrons. The standard InChI is InChI=1S/C15H12ClN3O3S/c1-22-15(20)19-14-17-12-7-6-11(8-13(12)18-14)23(21)10-4-2-9(16)3-5-10/h2-8H,1H3,(H2,17,18,19,20). The summed E-state index contributed by atoms with van der Waals surface area (Å²) in [6.07, 6.45) is -0.617. The SMILES string of the molecule is COC(=O)Nc1nc2ccc(S(=O)c3ccc(Cl)cc3)cc2[nH]1. The van der Waals surface area contributed by atoms with E-state index in [1.165, 1.54) is 7.11 Å². The minimum Gasteiger partial charge on any atom is -0.453 e. The fraction of sp³-hybridized carbons (Fsp3) is 0.0667. The molecule has 0 spiro atoms. The van der Waals surface area contributed by atoms with Crippen molar-refractivity contribution in [2.24, 2.45) is 0 Å². The first-order valence-electron chi connectivity index (χ1n) is 6.59. The third kappa shape index (κ3) is 3.35. The molecule has 3 rings (SSSR count). The number of hydrogen-bond acceptors (Lipinski definition) is 4. The lowest BCUT2D eigenvalue weighted by Crippen LogP contribution is -2.11. The maximum atomic E-state index is 12.6. The number of aromatic nitrogens is 2. The molecule has 1 amide bonds. The van der Waals surface area contributed by atoms with E-state index in [1.54, 1.807) is 42.5 Å². The summed E-state index contributed by atoms with van der Waals surface area (Å²) in [7, 11) is -0.0634. The zero-order chi connectivity index (χ0) is 16.4. The summed E-state index contributed by atoms with van der Waals surface area (Å²) in [5, 5.41) is 3.04. The molecule has 1 unspecified atom stereocenters. The van der Waals surface area contributed by atoms with Crippen molar-refractivity contribution in [3.05, 3.63) is 47.5 Å². The molecule has 2 N–H and O–H groups in total. The van der Waals surface area contributed by atoms with E-state index in [-0.39, 0.29) is 5.95 Å². The van der Waals surface area contributed by atoms with E-state index in [4.69, 9.17) is 11.6 Å². The second-order valence-electron chi connectivity index (χ2n) is 4.60. The highest BCUT2D eigenvalue weighted by Gasteiger charge is 2.11. The van der Waals surface area contributed by atoms with Gasteiger partial charge in [0.05, 0.1) is 28.9 Å². The number of imidazole rings is 1. The average Bonchev–Trinajstić information content (AvgIpc) is 2.96. The van der Waals surface area contributed by atoms with Gasteiger partial charge in [-0.15, -0.1) is 0 Å². The van der Waals surface area contributed by atoms with Crippen molar-refractivity contribution >= 4 is 45.5 Å². The van der Waals surface area contributed by atoms with E-state index < -0.39 is 16.9 Å². The smallest absolute Gasteiger partial charge is 0.413 e. The van der Waals surface area contributed by atoms with Crippen LogP contribution in [0.5, 0.6) is 0 Å². The fourth-order valence-corrected chi connectivity index (χ4v) is 3.20. The Kier molecular flexibility index (Phi) is 4.31. The van der Waals surface area contributed by atoms with Crippen molar-refractivity contribution in [2.75, 3.05) is 12.4 Å². The molecule has 1 atom stereocenters. The van der Waals surface area contributed by atoms with Crippen LogP contribution in [-0.2, 0) is 15.5 Å². The Morgan fingerprint density at radius 1 is 1.22 bits per heavy atom. The van der Waals surface area contributed by atoms with Gasteiger partial charge in [0.15, 0.2) is 0 Å². The van der Waals surface area contributed by atoms with Gasteiger partial charge < -0.3 is 9.72 Å². The quantitative estimate of drug-likeness (QED) is 0.757. The van der Waals surface area contributed by atoms with Crippen molar-refractivity contribution in [1.29, 1.82) is 0 Å². The first-order valence-corrected chi connectivity index (χ1v) is 8.11. The van der Waals surface area contributed by atoms with Crippen LogP contribution in [0.3, 0.4) is 0 Å². The van der Waals surface area contributed by atoms with Crippen LogP contribution in [0.1, 0.15) is 0 Å². The number of aromatic amines is 1. The molecule has 0 bridgehead atoms. The summed E-state index contributed by atoms with van der Waals surface area (Å²) in [5.41, 5.74) is 1.31. The van der Waals surface area contributed by atoms with Crippen LogP contribution in [0, 0.1) is 0 Å². The van der Waals surface area contributed by atoms with Crippen molar-refractivity contribution in [2.45, 2.75) is 9.79 Å². The van der Waals surface area contributed by atoms with Crippen LogP contribution in [0.2, 0.25) is 5.02 Å². The summed E-state index contributed by atoms with van der Waals surface area (Å²) in [6, 6.07) is 12.0. The largest absolute Gasteiger partial charge is 0.453 e. The number of carbonyl (C=O) groups is 1. The van der Waals surface area contributed by atoms with Crippen molar-refractivity contribution in [1.82, 2.24) is 9.97 Å². The lowest BCUT2D eigenvalue weighted by molar-refractivity contribution is 0.186. The predicted molar refractivity (Wildman–Crippen MR) is 88.2 cm³/mol. The van der Waals surface area contributed by atoms with Crippen molar-refractivity contribution in [3.8, 4) is 0 Å². The summed E-state index contributed by atoms with van der Waals surface area (Å²) in [4.78, 5) is 19.6. The number of ether oxygens (including phenoxy) is 1. The number of halogens is 1. The highest BCUT2D eigenvalue weighted by atomic mass is 35.5. The number of methoxy groups -OCH3 is 1. The number of amides is 1. The molecule has 0 aliphatic rings. The number of H-pyrrole nitrogens is 1. The van der Waals surface area contributed by atoms with Gasteiger partial charge in [-0.25, -0.2) is 14.0 Å². The third-order valence-corrected chi connectivity index (χ3v) is 4.74. The van der Waals surface area contributed by atoms with E-state index in [9.17, 15) is 9.00 Å². The predicted octanol–water partition coefficient (Wildman–Crippen LogP) is 3.56. The van der Waals surface area contributed by atoms with Gasteiger partial charge in [0.2, 0.25) is 5.95 Å². The third-order valence-electron chi connectivity index (χ3n) is 3.10. The van der Waals surface area contributed by atoms with Crippen LogP contribution < -0.4 is 5.32 Å². The molecular formula is C15H12ClN3O3S. The first kappa shape index (κ1) is 15.5. The first-order chi connectivity index (χ1) is 11.1. The van der Waals surface area contributed by atoms with Gasteiger partial charge >= 0.3 is 6.09 Å². The van der Waals surface area contributed by atoms with Gasteiger partial charge in [-0.3, -0.25) is 5.32 Å². The van der Waals surface area contributed by atoms with Gasteiger partial charge in [0, 0.05) is 14.8 Å². The number of carbonyl (C=O) groups excluding carboxylic acids is 1. The molecule has 0 saturated heterocycles. The molecule has 8 heteroatoms. The Hall–Kier alpha value is -2.38. The van der Waals surface area contributed by atoms with Crippen molar-refractivity contribution in [3.63, 3.8) is 0 Å². The van der Waals surface area contributed by atoms with Crippen LogP contribution in [0.15, 0.2) is 52.3 Å². The van der Waals surface area contributed by atoms with E-state index in [0.717, 1.165) is 0 Å². The molecule has 6 nitrogen and oxygen atoms in total. The molecule has 0 fully saturated rings.